The van der Waals surface area contributed by atoms with Crippen molar-refractivity contribution in [3.05, 3.63) is 52.4 Å². The standard InChI is InChI=1S/C22H24N4O2S2/c1-14-5-6-17(28-14)15(2)23-21-20-16(18-4-3-11-29-18)13-30-22(20)25-19(24-21)12-26-7-9-27-10-8-26/h3-6,11,13,15H,7-10,12H2,1-2H3,(H,23,24,25). The number of fused-ring (bicyclic) bond motifs is 1. The number of morpholine rings is 1. The molecule has 1 fully saturated rings. The van der Waals surface area contributed by atoms with Crippen molar-refractivity contribution in [2.24, 2.45) is 0 Å². The van der Waals surface area contributed by atoms with Gasteiger partial charge in [-0.3, -0.25) is 4.90 Å². The molecule has 1 saturated heterocycles. The molecule has 0 bridgehead atoms. The second kappa shape index (κ2) is 8.47. The Balaban J connectivity index is 1.54. The Labute approximate surface area is 183 Å². The SMILES string of the molecule is Cc1ccc(C(C)Nc2nc(CN3CCOCC3)nc3scc(-c4cccs4)c23)o1. The summed E-state index contributed by atoms with van der Waals surface area (Å²) in [7, 11) is 0. The number of nitrogens with zero attached hydrogens (tertiary/aromatic N) is 3. The molecule has 4 aromatic heterocycles. The van der Waals surface area contributed by atoms with Gasteiger partial charge in [-0.15, -0.1) is 22.7 Å². The van der Waals surface area contributed by atoms with Crippen molar-refractivity contribution < 1.29 is 9.15 Å². The number of hydrogen-bond acceptors (Lipinski definition) is 8. The second-order valence-corrected chi connectivity index (χ2v) is 9.30. The maximum atomic E-state index is 5.84. The van der Waals surface area contributed by atoms with Crippen molar-refractivity contribution in [2.75, 3.05) is 31.6 Å². The fraction of sp³-hybridized carbons (Fsp3) is 0.364. The molecule has 0 radical (unpaired) electrons. The van der Waals surface area contributed by atoms with Gasteiger partial charge >= 0.3 is 0 Å². The number of anilines is 1. The molecular formula is C22H24N4O2S2. The van der Waals surface area contributed by atoms with Crippen molar-refractivity contribution in [3.8, 4) is 10.4 Å². The number of thiophene rings is 2. The third-order valence-electron chi connectivity index (χ3n) is 5.28. The molecule has 5 heterocycles. The molecule has 0 amide bonds. The quantitative estimate of drug-likeness (QED) is 0.437. The Morgan fingerprint density at radius 1 is 1.17 bits per heavy atom. The normalized spacial score (nSPS) is 16.2. The fourth-order valence-corrected chi connectivity index (χ4v) is 5.48. The third kappa shape index (κ3) is 4.00. The van der Waals surface area contributed by atoms with Crippen LogP contribution in [0.1, 0.15) is 30.3 Å². The molecule has 0 aliphatic carbocycles. The van der Waals surface area contributed by atoms with Crippen LogP contribution in [0.2, 0.25) is 0 Å². The van der Waals surface area contributed by atoms with Gasteiger partial charge in [0.2, 0.25) is 0 Å². The number of nitrogens with one attached hydrogen (secondary N) is 1. The van der Waals surface area contributed by atoms with Gasteiger partial charge in [-0.1, -0.05) is 6.07 Å². The van der Waals surface area contributed by atoms with Crippen molar-refractivity contribution >= 4 is 38.7 Å². The zero-order chi connectivity index (χ0) is 20.5. The molecule has 30 heavy (non-hydrogen) atoms. The predicted octanol–water partition coefficient (Wildman–Crippen LogP) is 5.33. The topological polar surface area (TPSA) is 63.4 Å². The van der Waals surface area contributed by atoms with Crippen molar-refractivity contribution in [3.63, 3.8) is 0 Å². The maximum Gasteiger partial charge on any atom is 0.146 e. The highest BCUT2D eigenvalue weighted by molar-refractivity contribution is 7.18. The first-order valence-corrected chi connectivity index (χ1v) is 11.9. The van der Waals surface area contributed by atoms with E-state index in [1.807, 2.05) is 19.1 Å². The molecule has 1 unspecified atom stereocenters. The van der Waals surface area contributed by atoms with Crippen molar-refractivity contribution in [1.29, 1.82) is 0 Å². The number of furan rings is 1. The molecule has 8 heteroatoms. The lowest BCUT2D eigenvalue weighted by molar-refractivity contribution is 0.0331. The summed E-state index contributed by atoms with van der Waals surface area (Å²) in [6.07, 6.45) is 0. The lowest BCUT2D eigenvalue weighted by atomic mass is 10.1. The Bertz CT molecular complexity index is 1130. The van der Waals surface area contributed by atoms with Crippen LogP contribution in [0, 0.1) is 6.92 Å². The van der Waals surface area contributed by atoms with Crippen LogP contribution in [0.5, 0.6) is 0 Å². The highest BCUT2D eigenvalue weighted by Gasteiger charge is 2.20. The van der Waals surface area contributed by atoms with Crippen LogP contribution in [0.15, 0.2) is 39.4 Å². The van der Waals surface area contributed by atoms with E-state index in [0.717, 1.165) is 66.2 Å². The monoisotopic (exact) mass is 440 g/mol. The molecule has 0 aromatic carbocycles. The van der Waals surface area contributed by atoms with Gasteiger partial charge in [-0.2, -0.15) is 0 Å². The first-order chi connectivity index (χ1) is 14.7. The summed E-state index contributed by atoms with van der Waals surface area (Å²) >= 11 is 3.42. The van der Waals surface area contributed by atoms with E-state index in [0.29, 0.717) is 0 Å². The summed E-state index contributed by atoms with van der Waals surface area (Å²) in [6, 6.07) is 8.25. The number of aryl methyl sites for hydroxylation is 1. The lowest BCUT2D eigenvalue weighted by Crippen LogP contribution is -2.36. The van der Waals surface area contributed by atoms with Gasteiger partial charge in [0.05, 0.1) is 31.2 Å². The summed E-state index contributed by atoms with van der Waals surface area (Å²) in [5, 5.41) is 8.99. The largest absolute Gasteiger partial charge is 0.464 e. The summed E-state index contributed by atoms with van der Waals surface area (Å²) in [6.45, 7) is 8.16. The minimum absolute atomic E-state index is 0.00382. The number of hydrogen-bond donors (Lipinski definition) is 1. The number of ether oxygens (including phenoxy) is 1. The van der Waals surface area contributed by atoms with E-state index in [-0.39, 0.29) is 6.04 Å². The van der Waals surface area contributed by atoms with Crippen LogP contribution in [-0.4, -0.2) is 41.2 Å². The van der Waals surface area contributed by atoms with Crippen LogP contribution in [0.25, 0.3) is 20.7 Å². The first-order valence-electron chi connectivity index (χ1n) is 10.1. The van der Waals surface area contributed by atoms with Crippen LogP contribution >= 0.6 is 22.7 Å². The molecule has 1 aliphatic rings. The molecule has 1 aliphatic heterocycles. The maximum absolute atomic E-state index is 5.84. The molecule has 6 nitrogen and oxygen atoms in total. The van der Waals surface area contributed by atoms with Gasteiger partial charge in [0.25, 0.3) is 0 Å². The molecule has 0 spiro atoms. The van der Waals surface area contributed by atoms with E-state index in [4.69, 9.17) is 19.1 Å². The first kappa shape index (κ1) is 19.7. The lowest BCUT2D eigenvalue weighted by Gasteiger charge is -2.26. The van der Waals surface area contributed by atoms with Crippen LogP contribution in [0.3, 0.4) is 0 Å². The van der Waals surface area contributed by atoms with E-state index < -0.39 is 0 Å². The highest BCUT2D eigenvalue weighted by atomic mass is 32.1. The summed E-state index contributed by atoms with van der Waals surface area (Å²) in [5.41, 5.74) is 1.19. The van der Waals surface area contributed by atoms with Crippen molar-refractivity contribution in [1.82, 2.24) is 14.9 Å². The van der Waals surface area contributed by atoms with E-state index >= 15 is 0 Å². The molecule has 1 atom stereocenters. The van der Waals surface area contributed by atoms with Crippen LogP contribution < -0.4 is 5.32 Å². The van der Waals surface area contributed by atoms with E-state index in [1.54, 1.807) is 22.7 Å². The van der Waals surface area contributed by atoms with E-state index in [9.17, 15) is 0 Å². The fourth-order valence-electron chi connectivity index (χ4n) is 3.70. The van der Waals surface area contributed by atoms with Gasteiger partial charge in [0.15, 0.2) is 0 Å². The van der Waals surface area contributed by atoms with Gasteiger partial charge in [0, 0.05) is 28.9 Å². The van der Waals surface area contributed by atoms with Gasteiger partial charge in [0.1, 0.15) is 28.0 Å². The summed E-state index contributed by atoms with van der Waals surface area (Å²) in [5.74, 6) is 3.53. The minimum atomic E-state index is 0.00382. The summed E-state index contributed by atoms with van der Waals surface area (Å²) < 4.78 is 11.3. The van der Waals surface area contributed by atoms with Crippen LogP contribution in [-0.2, 0) is 11.3 Å². The van der Waals surface area contributed by atoms with Crippen LogP contribution in [0.4, 0.5) is 5.82 Å². The van der Waals surface area contributed by atoms with Gasteiger partial charge in [-0.05, 0) is 37.4 Å². The third-order valence-corrected chi connectivity index (χ3v) is 7.05. The Kier molecular flexibility index (Phi) is 5.56. The van der Waals surface area contributed by atoms with Gasteiger partial charge in [-0.25, -0.2) is 9.97 Å². The highest BCUT2D eigenvalue weighted by Crippen LogP contribution is 2.40. The molecule has 5 rings (SSSR count). The smallest absolute Gasteiger partial charge is 0.146 e. The molecular weight excluding hydrogens is 416 g/mol. The number of aromatic nitrogens is 2. The second-order valence-electron chi connectivity index (χ2n) is 7.50. The van der Waals surface area contributed by atoms with E-state index in [2.05, 4.69) is 40.0 Å². The molecule has 156 valence electrons. The summed E-state index contributed by atoms with van der Waals surface area (Å²) in [4.78, 5) is 14.5. The predicted molar refractivity (Wildman–Crippen MR) is 122 cm³/mol. The average Bonchev–Trinajstić information content (AvgIpc) is 3.49. The zero-order valence-electron chi connectivity index (χ0n) is 17.1. The Morgan fingerprint density at radius 3 is 2.77 bits per heavy atom. The number of rotatable bonds is 6. The van der Waals surface area contributed by atoms with E-state index in [1.165, 1.54) is 10.4 Å². The Hall–Kier alpha value is -2.26. The molecule has 1 N–H and O–H groups in total. The average molecular weight is 441 g/mol. The molecule has 4 aromatic rings. The zero-order valence-corrected chi connectivity index (χ0v) is 18.7. The Morgan fingerprint density at radius 2 is 2.03 bits per heavy atom. The minimum Gasteiger partial charge on any atom is -0.464 e. The molecule has 0 saturated carbocycles. The van der Waals surface area contributed by atoms with Crippen molar-refractivity contribution in [2.45, 2.75) is 26.4 Å². The van der Waals surface area contributed by atoms with Gasteiger partial charge < -0.3 is 14.5 Å².